The summed E-state index contributed by atoms with van der Waals surface area (Å²) in [7, 11) is 7.26. The molecule has 3 fully saturated rings. The Labute approximate surface area is 343 Å². The van der Waals surface area contributed by atoms with Gasteiger partial charge in [0.2, 0.25) is 0 Å². The van der Waals surface area contributed by atoms with Crippen molar-refractivity contribution >= 4 is 5.97 Å². The average molecular weight is 820 g/mol. The second-order valence-electron chi connectivity index (χ2n) is 18.8. The maximum Gasteiger partial charge on any atom is 0.311 e. The van der Waals surface area contributed by atoms with Crippen molar-refractivity contribution in [1.82, 2.24) is 15.1 Å². The summed E-state index contributed by atoms with van der Waals surface area (Å²) in [5.74, 6) is -2.66. The third-order valence-corrected chi connectivity index (χ3v) is 13.3. The molecule has 0 aromatic heterocycles. The van der Waals surface area contributed by atoms with Crippen LogP contribution in [0.2, 0.25) is 0 Å². The van der Waals surface area contributed by atoms with E-state index in [2.05, 4.69) is 12.2 Å². The van der Waals surface area contributed by atoms with Crippen molar-refractivity contribution in [1.29, 1.82) is 0 Å². The summed E-state index contributed by atoms with van der Waals surface area (Å²) in [6.07, 6.45) is -6.67. The predicted molar refractivity (Wildman–Crippen MR) is 216 cm³/mol. The topological polar surface area (TPSA) is 192 Å². The first-order chi connectivity index (χ1) is 26.3. The summed E-state index contributed by atoms with van der Waals surface area (Å²) in [4.78, 5) is 18.3. The second-order valence-corrected chi connectivity index (χ2v) is 18.8. The third kappa shape index (κ3) is 11.5. The minimum atomic E-state index is -1.81. The van der Waals surface area contributed by atoms with Crippen LogP contribution in [0.5, 0.6) is 0 Å². The van der Waals surface area contributed by atoms with Gasteiger partial charge in [-0.25, -0.2) is 0 Å². The van der Waals surface area contributed by atoms with Gasteiger partial charge in [-0.3, -0.25) is 4.79 Å². The van der Waals surface area contributed by atoms with Gasteiger partial charge in [0.05, 0.1) is 35.9 Å². The molecule has 57 heavy (non-hydrogen) atoms. The van der Waals surface area contributed by atoms with Gasteiger partial charge in [-0.05, 0) is 114 Å². The average Bonchev–Trinajstić information content (AvgIpc) is 3.12. The van der Waals surface area contributed by atoms with E-state index in [0.717, 1.165) is 13.0 Å². The molecule has 0 saturated carbocycles. The Kier molecular flexibility index (Phi) is 17.8. The lowest BCUT2D eigenvalue weighted by Crippen LogP contribution is -2.70. The standard InChI is InChI=1S/C42H81N3O12/c1-16-18-45(14)23-42(51)29(8)54-32(21-40(42,10)52-15)56-34-26(5)36(57-38-33(46)30(44(12)13)19-25(4)53-38)39(9,49)20-24(3)22-43-28(7)35(47)41(11,50)31(17-2)55-37(48)27(34)6/h24-36,38,43,46-47,49-51H,16-23H2,1-15H3/t24-,25-,26+,27-,28+,29+,30+,31+,32+,33-,34+,35-,36-,38+,39+,40-,41-,42-/m1/s1. The van der Waals surface area contributed by atoms with Crippen LogP contribution in [0.15, 0.2) is 0 Å². The molecule has 3 rings (SSSR count). The van der Waals surface area contributed by atoms with Crippen LogP contribution in [0.25, 0.3) is 0 Å². The second kappa shape index (κ2) is 20.2. The Bertz CT molecular complexity index is 1260. The Hall–Kier alpha value is -1.05. The maximum atomic E-state index is 14.4. The van der Waals surface area contributed by atoms with Gasteiger partial charge in [-0.2, -0.15) is 0 Å². The van der Waals surface area contributed by atoms with E-state index in [0.29, 0.717) is 13.0 Å². The summed E-state index contributed by atoms with van der Waals surface area (Å²) in [5, 5.41) is 62.8. The molecule has 336 valence electrons. The molecule has 15 nitrogen and oxygen atoms in total. The normalized spacial score (nSPS) is 47.4. The zero-order chi connectivity index (χ0) is 43.4. The molecule has 0 amide bonds. The molecular formula is C42H81N3O12. The van der Waals surface area contributed by atoms with E-state index >= 15 is 0 Å². The number of cyclic esters (lactones) is 1. The number of nitrogens with one attached hydrogen (secondary N) is 1. The number of methoxy groups -OCH3 is 1. The number of carbonyl (C=O) groups is 1. The van der Waals surface area contributed by atoms with E-state index in [1.807, 2.05) is 58.6 Å². The van der Waals surface area contributed by atoms with E-state index in [9.17, 15) is 30.3 Å². The Morgan fingerprint density at radius 2 is 1.56 bits per heavy atom. The van der Waals surface area contributed by atoms with Crippen molar-refractivity contribution in [3.8, 4) is 0 Å². The third-order valence-electron chi connectivity index (χ3n) is 13.3. The predicted octanol–water partition coefficient (Wildman–Crippen LogP) is 2.27. The van der Waals surface area contributed by atoms with E-state index in [1.165, 1.54) is 6.92 Å². The number of hydrogen-bond donors (Lipinski definition) is 6. The lowest BCUT2D eigenvalue weighted by Gasteiger charge is -2.54. The number of likely N-dealkylation sites (N-methyl/N-ethyl adjacent to an activating group) is 2. The van der Waals surface area contributed by atoms with Crippen LogP contribution >= 0.6 is 0 Å². The minimum Gasteiger partial charge on any atom is -0.459 e. The summed E-state index contributed by atoms with van der Waals surface area (Å²) >= 11 is 0. The smallest absolute Gasteiger partial charge is 0.311 e. The van der Waals surface area contributed by atoms with Gasteiger partial charge in [-0.15, -0.1) is 0 Å². The summed E-state index contributed by atoms with van der Waals surface area (Å²) in [6, 6.07) is -0.878. The molecule has 0 radical (unpaired) electrons. The molecule has 0 spiro atoms. The van der Waals surface area contributed by atoms with E-state index < -0.39 is 95.5 Å². The highest BCUT2D eigenvalue weighted by molar-refractivity contribution is 5.73. The summed E-state index contributed by atoms with van der Waals surface area (Å²) in [5.41, 5.74) is -5.95. The molecule has 15 heteroatoms. The molecule has 0 unspecified atom stereocenters. The van der Waals surface area contributed by atoms with Crippen molar-refractivity contribution in [2.75, 3.05) is 47.9 Å². The molecule has 0 aromatic carbocycles. The Balaban J connectivity index is 2.17. The molecule has 0 aromatic rings. The zero-order valence-corrected chi connectivity index (χ0v) is 37.7. The number of nitrogens with zero attached hydrogens (tertiary/aromatic N) is 2. The lowest BCUT2D eigenvalue weighted by atomic mass is 9.75. The molecule has 3 aliphatic rings. The molecule has 0 bridgehead atoms. The summed E-state index contributed by atoms with van der Waals surface area (Å²) < 4.78 is 38.5. The fourth-order valence-corrected chi connectivity index (χ4v) is 9.59. The largest absolute Gasteiger partial charge is 0.459 e. The van der Waals surface area contributed by atoms with Gasteiger partial charge in [0, 0.05) is 38.1 Å². The van der Waals surface area contributed by atoms with Crippen molar-refractivity contribution in [2.45, 2.75) is 198 Å². The van der Waals surface area contributed by atoms with Crippen LogP contribution in [-0.4, -0.2) is 179 Å². The number of aliphatic hydroxyl groups excluding tert-OH is 2. The highest BCUT2D eigenvalue weighted by atomic mass is 16.7. The lowest BCUT2D eigenvalue weighted by molar-refractivity contribution is -0.339. The zero-order valence-electron chi connectivity index (χ0n) is 37.7. The fourth-order valence-electron chi connectivity index (χ4n) is 9.59. The van der Waals surface area contributed by atoms with Crippen molar-refractivity contribution < 1.29 is 58.7 Å². The van der Waals surface area contributed by atoms with Crippen LogP contribution in [0.1, 0.15) is 108 Å². The Morgan fingerprint density at radius 1 is 0.930 bits per heavy atom. The first-order valence-corrected chi connectivity index (χ1v) is 21.3. The van der Waals surface area contributed by atoms with Gasteiger partial charge < -0.3 is 69.1 Å². The monoisotopic (exact) mass is 820 g/mol. The quantitative estimate of drug-likeness (QED) is 0.166. The molecule has 18 atom stereocenters. The number of rotatable bonds is 11. The van der Waals surface area contributed by atoms with E-state index in [-0.39, 0.29) is 43.9 Å². The van der Waals surface area contributed by atoms with Gasteiger partial charge in [-0.1, -0.05) is 27.7 Å². The molecule has 3 heterocycles. The molecule has 3 saturated heterocycles. The molecular weight excluding hydrogens is 738 g/mol. The molecule has 6 N–H and O–H groups in total. The number of aliphatic hydroxyl groups is 5. The maximum absolute atomic E-state index is 14.4. The van der Waals surface area contributed by atoms with Crippen molar-refractivity contribution in [2.24, 2.45) is 17.8 Å². The fraction of sp³-hybridized carbons (Fsp3) is 0.976. The van der Waals surface area contributed by atoms with Crippen LogP contribution in [0.3, 0.4) is 0 Å². The molecule has 3 aliphatic heterocycles. The van der Waals surface area contributed by atoms with Crippen LogP contribution < -0.4 is 5.32 Å². The van der Waals surface area contributed by atoms with E-state index in [4.69, 9.17) is 28.4 Å². The minimum absolute atomic E-state index is 0.1000. The van der Waals surface area contributed by atoms with E-state index in [1.54, 1.807) is 41.7 Å². The number of esters is 1. The van der Waals surface area contributed by atoms with Crippen molar-refractivity contribution in [3.05, 3.63) is 0 Å². The highest BCUT2D eigenvalue weighted by Gasteiger charge is 2.59. The molecule has 0 aliphatic carbocycles. The SMILES string of the molecule is CCCN(C)C[C@@]1(O)[C@H](C)O[C@@H](O[C@H]2[C@H](C)[C@@H](O[C@@H]3O[C@H](C)C[C@H](N(C)C)[C@H]3O)[C@@](C)(O)C[C@@H](C)CN[C@@H](C)[C@@H](O)[C@](C)(O)[C@H](CC)OC(=O)[C@@H]2C)C[C@@]1(C)OC. The van der Waals surface area contributed by atoms with Gasteiger partial charge in [0.1, 0.15) is 35.1 Å². The van der Waals surface area contributed by atoms with Gasteiger partial charge >= 0.3 is 5.97 Å². The highest BCUT2D eigenvalue weighted by Crippen LogP contribution is 2.43. The number of ether oxygens (including phenoxy) is 6. The van der Waals surface area contributed by atoms with Gasteiger partial charge in [0.25, 0.3) is 0 Å². The van der Waals surface area contributed by atoms with Crippen LogP contribution in [-0.2, 0) is 33.2 Å². The number of hydrogen-bond acceptors (Lipinski definition) is 15. The first kappa shape index (κ1) is 50.3. The first-order valence-electron chi connectivity index (χ1n) is 21.3. The van der Waals surface area contributed by atoms with Crippen LogP contribution in [0.4, 0.5) is 0 Å². The Morgan fingerprint density at radius 3 is 2.12 bits per heavy atom. The van der Waals surface area contributed by atoms with Gasteiger partial charge in [0.15, 0.2) is 12.6 Å². The summed E-state index contributed by atoms with van der Waals surface area (Å²) in [6.45, 7) is 21.1. The van der Waals surface area contributed by atoms with Crippen LogP contribution in [0, 0.1) is 17.8 Å². The van der Waals surface area contributed by atoms with Crippen molar-refractivity contribution in [3.63, 3.8) is 0 Å². The number of carbonyl (C=O) groups excluding carboxylic acids is 1.